The van der Waals surface area contributed by atoms with Gasteiger partial charge < -0.3 is 9.64 Å². The molecular weight excluding hydrogens is 447 g/mol. The van der Waals surface area contributed by atoms with Crippen molar-refractivity contribution in [2.45, 2.75) is 11.8 Å². The van der Waals surface area contributed by atoms with Gasteiger partial charge in [-0.15, -0.1) is 0 Å². The maximum atomic E-state index is 12.9. The molecule has 2 aromatic rings. The monoisotopic (exact) mass is 468 g/mol. The molecule has 0 radical (unpaired) electrons. The highest BCUT2D eigenvalue weighted by atomic mass is 35.5. The Labute approximate surface area is 186 Å². The molecule has 160 valence electrons. The fourth-order valence-corrected chi connectivity index (χ4v) is 5.38. The van der Waals surface area contributed by atoms with E-state index in [-0.39, 0.29) is 47.0 Å². The van der Waals surface area contributed by atoms with Crippen molar-refractivity contribution >= 4 is 45.2 Å². The Kier molecular flexibility index (Phi) is 7.08. The summed E-state index contributed by atoms with van der Waals surface area (Å²) in [5.74, 6) is 0.496. The Balaban J connectivity index is 1.67. The Morgan fingerprint density at radius 1 is 1.10 bits per heavy atom. The van der Waals surface area contributed by atoms with Gasteiger partial charge in [0.1, 0.15) is 10.6 Å². The molecular formula is C21H22Cl2N2O4S. The molecule has 0 N–H and O–H groups in total. The molecule has 1 fully saturated rings. The average molecular weight is 469 g/mol. The first-order chi connectivity index (χ1) is 14.2. The van der Waals surface area contributed by atoms with Gasteiger partial charge in [0.15, 0.2) is 0 Å². The third-order valence-corrected chi connectivity index (χ3v) is 7.75. The Hall–Kier alpha value is -2.06. The van der Waals surface area contributed by atoms with Gasteiger partial charge in [-0.2, -0.15) is 4.31 Å². The number of sulfonamides is 1. The average Bonchev–Trinajstić information content (AvgIpc) is 2.74. The molecule has 9 heteroatoms. The molecule has 30 heavy (non-hydrogen) atoms. The number of halogens is 2. The number of aryl methyl sites for hydroxylation is 1. The van der Waals surface area contributed by atoms with Gasteiger partial charge in [0.25, 0.3) is 0 Å². The Morgan fingerprint density at radius 3 is 2.47 bits per heavy atom. The summed E-state index contributed by atoms with van der Waals surface area (Å²) in [5.41, 5.74) is 1.86. The number of methoxy groups -OCH3 is 1. The summed E-state index contributed by atoms with van der Waals surface area (Å²) < 4.78 is 32.4. The quantitative estimate of drug-likeness (QED) is 0.624. The van der Waals surface area contributed by atoms with Crippen molar-refractivity contribution in [1.29, 1.82) is 0 Å². The van der Waals surface area contributed by atoms with Crippen LogP contribution >= 0.6 is 23.2 Å². The summed E-state index contributed by atoms with van der Waals surface area (Å²) in [6, 6.07) is 10.2. The molecule has 0 aliphatic carbocycles. The van der Waals surface area contributed by atoms with Crippen molar-refractivity contribution < 1.29 is 17.9 Å². The molecule has 0 unspecified atom stereocenters. The van der Waals surface area contributed by atoms with Crippen LogP contribution in [0.3, 0.4) is 0 Å². The standard InChI is InChI=1S/C21H22Cl2N2O4S/c1-15-6-8-18(29-2)16(14-15)7-9-20(26)24-10-12-25(13-11-24)30(27,28)19-5-3-4-17(22)21(19)23/h3-9,14H,10-13H2,1-2H3/b9-7+. The van der Waals surface area contributed by atoms with Crippen LogP contribution in [0.15, 0.2) is 47.4 Å². The Bertz CT molecular complexity index is 1080. The van der Waals surface area contributed by atoms with Crippen molar-refractivity contribution in [3.05, 3.63) is 63.6 Å². The number of nitrogens with zero attached hydrogens (tertiary/aromatic N) is 2. The molecule has 3 rings (SSSR count). The number of ether oxygens (including phenoxy) is 1. The van der Waals surface area contributed by atoms with E-state index in [0.717, 1.165) is 11.1 Å². The van der Waals surface area contributed by atoms with Gasteiger partial charge in [0.2, 0.25) is 15.9 Å². The zero-order chi connectivity index (χ0) is 21.9. The third kappa shape index (κ3) is 4.81. The topological polar surface area (TPSA) is 66.9 Å². The fourth-order valence-electron chi connectivity index (χ4n) is 3.22. The van der Waals surface area contributed by atoms with Crippen LogP contribution in [0.2, 0.25) is 10.0 Å². The minimum Gasteiger partial charge on any atom is -0.496 e. The van der Waals surface area contributed by atoms with Crippen LogP contribution in [0.4, 0.5) is 0 Å². The van der Waals surface area contributed by atoms with Crippen LogP contribution in [0.25, 0.3) is 6.08 Å². The van der Waals surface area contributed by atoms with Gasteiger partial charge in [-0.05, 0) is 37.3 Å². The molecule has 6 nitrogen and oxygen atoms in total. The van der Waals surface area contributed by atoms with Crippen molar-refractivity contribution in [2.24, 2.45) is 0 Å². The van der Waals surface area contributed by atoms with Crippen LogP contribution in [-0.2, 0) is 14.8 Å². The zero-order valence-corrected chi connectivity index (χ0v) is 19.0. The summed E-state index contributed by atoms with van der Waals surface area (Å²) in [7, 11) is -2.21. The van der Waals surface area contributed by atoms with E-state index >= 15 is 0 Å². The SMILES string of the molecule is COc1ccc(C)cc1/C=C/C(=O)N1CCN(S(=O)(=O)c2cccc(Cl)c2Cl)CC1. The smallest absolute Gasteiger partial charge is 0.246 e. The van der Waals surface area contributed by atoms with E-state index < -0.39 is 10.0 Å². The summed E-state index contributed by atoms with van der Waals surface area (Å²) in [5, 5.41) is 0.191. The van der Waals surface area contributed by atoms with Gasteiger partial charge in [-0.3, -0.25) is 4.79 Å². The number of carbonyl (C=O) groups is 1. The molecule has 1 aliphatic rings. The van der Waals surface area contributed by atoms with E-state index in [4.69, 9.17) is 27.9 Å². The maximum absolute atomic E-state index is 12.9. The van der Waals surface area contributed by atoms with Gasteiger partial charge in [-0.25, -0.2) is 8.42 Å². The highest BCUT2D eigenvalue weighted by Gasteiger charge is 2.31. The lowest BCUT2D eigenvalue weighted by Crippen LogP contribution is -2.50. The van der Waals surface area contributed by atoms with E-state index in [9.17, 15) is 13.2 Å². The second-order valence-electron chi connectivity index (χ2n) is 6.86. The zero-order valence-electron chi connectivity index (χ0n) is 16.6. The van der Waals surface area contributed by atoms with Gasteiger partial charge in [-0.1, -0.05) is 40.9 Å². The molecule has 1 amide bonds. The summed E-state index contributed by atoms with van der Waals surface area (Å²) in [6.07, 6.45) is 3.19. The number of carbonyl (C=O) groups excluding carboxylic acids is 1. The van der Waals surface area contributed by atoms with E-state index in [2.05, 4.69) is 0 Å². The number of benzene rings is 2. The number of hydrogen-bond acceptors (Lipinski definition) is 4. The van der Waals surface area contributed by atoms with Crippen LogP contribution in [-0.4, -0.2) is 56.8 Å². The maximum Gasteiger partial charge on any atom is 0.246 e. The summed E-state index contributed by atoms with van der Waals surface area (Å²) in [4.78, 5) is 14.2. The van der Waals surface area contributed by atoms with Gasteiger partial charge >= 0.3 is 0 Å². The van der Waals surface area contributed by atoms with E-state index in [1.807, 2.05) is 25.1 Å². The molecule has 0 aromatic heterocycles. The molecule has 0 atom stereocenters. The van der Waals surface area contributed by atoms with Crippen LogP contribution in [0.5, 0.6) is 5.75 Å². The minimum atomic E-state index is -3.79. The molecule has 1 saturated heterocycles. The van der Waals surface area contributed by atoms with Crippen LogP contribution in [0.1, 0.15) is 11.1 Å². The normalized spacial score (nSPS) is 15.5. The van der Waals surface area contributed by atoms with Crippen molar-refractivity contribution in [3.8, 4) is 5.75 Å². The van der Waals surface area contributed by atoms with Crippen molar-refractivity contribution in [1.82, 2.24) is 9.21 Å². The van der Waals surface area contributed by atoms with Crippen LogP contribution in [0, 0.1) is 6.92 Å². The Morgan fingerprint density at radius 2 is 1.80 bits per heavy atom. The van der Waals surface area contributed by atoms with E-state index in [1.54, 1.807) is 24.2 Å². The predicted octanol–water partition coefficient (Wildman–Crippen LogP) is 3.86. The third-order valence-electron chi connectivity index (χ3n) is 4.87. The van der Waals surface area contributed by atoms with Crippen molar-refractivity contribution in [2.75, 3.05) is 33.3 Å². The number of rotatable bonds is 5. The largest absolute Gasteiger partial charge is 0.496 e. The highest BCUT2D eigenvalue weighted by molar-refractivity contribution is 7.89. The number of piperazine rings is 1. The summed E-state index contributed by atoms with van der Waals surface area (Å²) >= 11 is 12.0. The van der Waals surface area contributed by atoms with Gasteiger partial charge in [0.05, 0.1) is 17.2 Å². The molecule has 1 aliphatic heterocycles. The first kappa shape index (κ1) is 22.6. The number of hydrogen-bond donors (Lipinski definition) is 0. The lowest BCUT2D eigenvalue weighted by molar-refractivity contribution is -0.127. The first-order valence-corrected chi connectivity index (χ1v) is 11.5. The fraction of sp³-hybridized carbons (Fsp3) is 0.286. The van der Waals surface area contributed by atoms with Gasteiger partial charge in [0, 0.05) is 37.8 Å². The molecule has 1 heterocycles. The lowest BCUT2D eigenvalue weighted by Gasteiger charge is -2.33. The van der Waals surface area contributed by atoms with E-state index in [0.29, 0.717) is 5.75 Å². The first-order valence-electron chi connectivity index (χ1n) is 9.30. The second-order valence-corrected chi connectivity index (χ2v) is 9.55. The highest BCUT2D eigenvalue weighted by Crippen LogP contribution is 2.31. The summed E-state index contributed by atoms with van der Waals surface area (Å²) in [6.45, 7) is 2.89. The molecule has 0 bridgehead atoms. The molecule has 0 saturated carbocycles. The predicted molar refractivity (Wildman–Crippen MR) is 119 cm³/mol. The van der Waals surface area contributed by atoms with E-state index in [1.165, 1.54) is 22.5 Å². The minimum absolute atomic E-state index is 0.00714. The molecule has 2 aromatic carbocycles. The number of amides is 1. The van der Waals surface area contributed by atoms with Crippen LogP contribution < -0.4 is 4.74 Å². The second kappa shape index (κ2) is 9.39. The lowest BCUT2D eigenvalue weighted by atomic mass is 10.1. The molecule has 0 spiro atoms. The van der Waals surface area contributed by atoms with Crippen molar-refractivity contribution in [3.63, 3.8) is 0 Å².